The van der Waals surface area contributed by atoms with E-state index in [1.54, 1.807) is 31.2 Å². The van der Waals surface area contributed by atoms with Crippen molar-refractivity contribution in [2.75, 3.05) is 26.9 Å². The van der Waals surface area contributed by atoms with Crippen LogP contribution in [0.15, 0.2) is 30.3 Å². The molecule has 110 valence electrons. The van der Waals surface area contributed by atoms with Gasteiger partial charge in [-0.05, 0) is 19.1 Å². The quantitative estimate of drug-likeness (QED) is 0.562. The number of rotatable bonds is 8. The van der Waals surface area contributed by atoms with Gasteiger partial charge in [-0.3, -0.25) is 4.79 Å². The summed E-state index contributed by atoms with van der Waals surface area (Å²) in [6.07, 6.45) is -0.774. The van der Waals surface area contributed by atoms with E-state index in [9.17, 15) is 9.59 Å². The summed E-state index contributed by atoms with van der Waals surface area (Å²) in [7, 11) is 1.54. The van der Waals surface area contributed by atoms with Gasteiger partial charge in [-0.1, -0.05) is 18.2 Å². The lowest BCUT2D eigenvalue weighted by Gasteiger charge is -2.13. The molecule has 1 amide bonds. The van der Waals surface area contributed by atoms with Gasteiger partial charge >= 0.3 is 5.97 Å². The maximum absolute atomic E-state index is 11.6. The number of esters is 1. The van der Waals surface area contributed by atoms with Crippen LogP contribution in [0.3, 0.4) is 0 Å². The second-order valence-corrected chi connectivity index (χ2v) is 4.02. The van der Waals surface area contributed by atoms with Crippen molar-refractivity contribution in [2.24, 2.45) is 0 Å². The average Bonchev–Trinajstić information content (AvgIpc) is 2.46. The normalized spacial score (nSPS) is 11.5. The zero-order valence-corrected chi connectivity index (χ0v) is 11.6. The van der Waals surface area contributed by atoms with Gasteiger partial charge in [-0.2, -0.15) is 0 Å². The van der Waals surface area contributed by atoms with E-state index in [-0.39, 0.29) is 12.5 Å². The second kappa shape index (κ2) is 8.92. The molecule has 0 fully saturated rings. The number of carbonyl (C=O) groups is 2. The molecule has 1 aromatic rings. The van der Waals surface area contributed by atoms with Crippen LogP contribution in [-0.2, 0) is 19.1 Å². The molecule has 0 heterocycles. The van der Waals surface area contributed by atoms with Crippen molar-refractivity contribution < 1.29 is 23.8 Å². The summed E-state index contributed by atoms with van der Waals surface area (Å²) in [5.74, 6) is -0.389. The Morgan fingerprint density at radius 2 is 1.95 bits per heavy atom. The minimum Gasteiger partial charge on any atom is -0.479 e. The van der Waals surface area contributed by atoms with Gasteiger partial charge in [0.25, 0.3) is 5.91 Å². The van der Waals surface area contributed by atoms with E-state index in [0.717, 1.165) is 0 Å². The summed E-state index contributed by atoms with van der Waals surface area (Å²) < 4.78 is 15.0. The molecule has 0 saturated heterocycles. The van der Waals surface area contributed by atoms with Gasteiger partial charge in [0.1, 0.15) is 5.75 Å². The highest BCUT2D eigenvalue weighted by atomic mass is 16.6. The summed E-state index contributed by atoms with van der Waals surface area (Å²) in [4.78, 5) is 22.9. The smallest absolute Gasteiger partial charge is 0.347 e. The van der Waals surface area contributed by atoms with Crippen LogP contribution in [-0.4, -0.2) is 44.8 Å². The molecule has 6 heteroatoms. The van der Waals surface area contributed by atoms with Gasteiger partial charge < -0.3 is 19.5 Å². The van der Waals surface area contributed by atoms with Crippen LogP contribution in [0.4, 0.5) is 0 Å². The number of amides is 1. The van der Waals surface area contributed by atoms with E-state index < -0.39 is 12.1 Å². The van der Waals surface area contributed by atoms with Crippen LogP contribution in [0.25, 0.3) is 0 Å². The van der Waals surface area contributed by atoms with E-state index >= 15 is 0 Å². The van der Waals surface area contributed by atoms with Crippen molar-refractivity contribution in [2.45, 2.75) is 13.0 Å². The van der Waals surface area contributed by atoms with Crippen molar-refractivity contribution in [3.8, 4) is 5.75 Å². The number of para-hydroxylation sites is 1. The van der Waals surface area contributed by atoms with Crippen LogP contribution in [0.2, 0.25) is 0 Å². The number of ether oxygens (including phenoxy) is 3. The number of nitrogens with one attached hydrogen (secondary N) is 1. The maximum Gasteiger partial charge on any atom is 0.347 e. The molecule has 1 aromatic carbocycles. The summed E-state index contributed by atoms with van der Waals surface area (Å²) >= 11 is 0. The monoisotopic (exact) mass is 281 g/mol. The third-order valence-electron chi connectivity index (χ3n) is 2.36. The van der Waals surface area contributed by atoms with E-state index in [1.807, 2.05) is 6.07 Å². The highest BCUT2D eigenvalue weighted by Crippen LogP contribution is 2.11. The molecule has 0 radical (unpaired) electrons. The first-order valence-corrected chi connectivity index (χ1v) is 6.27. The van der Waals surface area contributed by atoms with Crippen molar-refractivity contribution in [1.29, 1.82) is 0 Å². The molecule has 0 saturated carbocycles. The SMILES string of the molecule is COCCNC(=O)COC(=O)[C@H](C)Oc1ccccc1. The first-order valence-electron chi connectivity index (χ1n) is 6.27. The van der Waals surface area contributed by atoms with Crippen LogP contribution in [0, 0.1) is 0 Å². The molecule has 0 aliphatic carbocycles. The Balaban J connectivity index is 2.26. The third-order valence-corrected chi connectivity index (χ3v) is 2.36. The molecule has 0 bridgehead atoms. The number of carbonyl (C=O) groups excluding carboxylic acids is 2. The van der Waals surface area contributed by atoms with Crippen LogP contribution >= 0.6 is 0 Å². The predicted molar refractivity (Wildman–Crippen MR) is 72.4 cm³/mol. The van der Waals surface area contributed by atoms with Gasteiger partial charge in [0, 0.05) is 13.7 Å². The summed E-state index contributed by atoms with van der Waals surface area (Å²) in [6.45, 7) is 2.03. The number of methoxy groups -OCH3 is 1. The van der Waals surface area contributed by atoms with E-state index in [0.29, 0.717) is 18.9 Å². The van der Waals surface area contributed by atoms with Gasteiger partial charge in [-0.15, -0.1) is 0 Å². The predicted octanol–water partition coefficient (Wildman–Crippen LogP) is 0.760. The van der Waals surface area contributed by atoms with Crippen molar-refractivity contribution in [3.63, 3.8) is 0 Å². The first-order chi connectivity index (χ1) is 9.63. The molecule has 0 unspecified atom stereocenters. The van der Waals surface area contributed by atoms with Gasteiger partial charge in [0.05, 0.1) is 6.61 Å². The van der Waals surface area contributed by atoms with Crippen LogP contribution in [0.5, 0.6) is 5.75 Å². The van der Waals surface area contributed by atoms with Gasteiger partial charge in [-0.25, -0.2) is 4.79 Å². The fourth-order valence-corrected chi connectivity index (χ4v) is 1.35. The van der Waals surface area contributed by atoms with Gasteiger partial charge in [0.15, 0.2) is 12.7 Å². The molecule has 1 atom stereocenters. The minimum absolute atomic E-state index is 0.328. The van der Waals surface area contributed by atoms with Crippen LogP contribution < -0.4 is 10.1 Å². The van der Waals surface area contributed by atoms with Crippen molar-refractivity contribution >= 4 is 11.9 Å². The molecule has 20 heavy (non-hydrogen) atoms. The molecular weight excluding hydrogens is 262 g/mol. The Morgan fingerprint density at radius 3 is 2.60 bits per heavy atom. The first kappa shape index (κ1) is 16.0. The standard InChI is InChI=1S/C14H19NO5/c1-11(20-12-6-4-3-5-7-12)14(17)19-10-13(16)15-8-9-18-2/h3-7,11H,8-10H2,1-2H3,(H,15,16)/t11-/m0/s1. The van der Waals surface area contributed by atoms with E-state index in [1.165, 1.54) is 7.11 Å². The van der Waals surface area contributed by atoms with Gasteiger partial charge in [0.2, 0.25) is 0 Å². The molecular formula is C14H19NO5. The zero-order chi connectivity index (χ0) is 14.8. The summed E-state index contributed by atoms with van der Waals surface area (Å²) in [6, 6.07) is 8.93. The fraction of sp³-hybridized carbons (Fsp3) is 0.429. The molecule has 1 N–H and O–H groups in total. The Hall–Kier alpha value is -2.08. The molecule has 1 rings (SSSR count). The Labute approximate surface area is 118 Å². The third kappa shape index (κ3) is 6.19. The summed E-state index contributed by atoms with van der Waals surface area (Å²) in [5.41, 5.74) is 0. The Bertz CT molecular complexity index is 421. The molecule has 0 aliphatic rings. The highest BCUT2D eigenvalue weighted by molar-refractivity contribution is 5.81. The number of benzene rings is 1. The van der Waals surface area contributed by atoms with E-state index in [4.69, 9.17) is 14.2 Å². The van der Waals surface area contributed by atoms with E-state index in [2.05, 4.69) is 5.32 Å². The number of hydrogen-bond acceptors (Lipinski definition) is 5. The molecule has 0 aliphatic heterocycles. The van der Waals surface area contributed by atoms with Crippen molar-refractivity contribution in [3.05, 3.63) is 30.3 Å². The second-order valence-electron chi connectivity index (χ2n) is 4.02. The Kier molecular flexibility index (Phi) is 7.13. The Morgan fingerprint density at radius 1 is 1.25 bits per heavy atom. The lowest BCUT2D eigenvalue weighted by Crippen LogP contribution is -2.34. The summed E-state index contributed by atoms with van der Waals surface area (Å²) in [5, 5.41) is 2.55. The van der Waals surface area contributed by atoms with Crippen molar-refractivity contribution in [1.82, 2.24) is 5.32 Å². The largest absolute Gasteiger partial charge is 0.479 e. The zero-order valence-electron chi connectivity index (χ0n) is 11.6. The van der Waals surface area contributed by atoms with Crippen LogP contribution in [0.1, 0.15) is 6.92 Å². The fourth-order valence-electron chi connectivity index (χ4n) is 1.35. The maximum atomic E-state index is 11.6. The average molecular weight is 281 g/mol. The topological polar surface area (TPSA) is 73.9 Å². The minimum atomic E-state index is -0.774. The molecule has 0 aromatic heterocycles. The molecule has 0 spiro atoms. The lowest BCUT2D eigenvalue weighted by molar-refractivity contribution is -0.154. The number of hydrogen-bond donors (Lipinski definition) is 1. The highest BCUT2D eigenvalue weighted by Gasteiger charge is 2.17. The molecule has 6 nitrogen and oxygen atoms in total. The lowest BCUT2D eigenvalue weighted by atomic mass is 10.3.